The highest BCUT2D eigenvalue weighted by Gasteiger charge is 2.20. The van der Waals surface area contributed by atoms with Gasteiger partial charge in [-0.15, -0.1) is 0 Å². The zero-order valence-corrected chi connectivity index (χ0v) is 15.6. The number of para-hydroxylation sites is 1. The standard InChI is InChI=1S/C21H22N2O5/c1-13(21(26)23-16-10-9-14-5-4-6-15(14)11-16)28-19(24)12-27-18-8-3-2-7-17(18)20(22)25/h2-3,7-11,13H,4-6,12H2,1H3,(H2,22,25)(H,23,26)/t13-/m0/s1. The first kappa shape index (κ1) is 19.4. The molecule has 0 aromatic heterocycles. The molecule has 1 aliphatic rings. The molecule has 1 aliphatic carbocycles. The van der Waals surface area contributed by atoms with E-state index in [1.807, 2.05) is 18.2 Å². The number of esters is 1. The van der Waals surface area contributed by atoms with Crippen molar-refractivity contribution < 1.29 is 23.9 Å². The molecule has 3 N–H and O–H groups in total. The molecule has 2 aromatic rings. The van der Waals surface area contributed by atoms with Crippen LogP contribution in [0.4, 0.5) is 5.69 Å². The first-order chi connectivity index (χ1) is 13.4. The van der Waals surface area contributed by atoms with E-state index < -0.39 is 30.5 Å². The van der Waals surface area contributed by atoms with E-state index in [0.717, 1.165) is 19.3 Å². The number of nitrogens with one attached hydrogen (secondary N) is 1. The SMILES string of the molecule is C[C@H](OC(=O)COc1ccccc1C(N)=O)C(=O)Nc1ccc2c(c1)CCC2. The molecule has 1 atom stereocenters. The van der Waals surface area contributed by atoms with Crippen molar-refractivity contribution in [1.82, 2.24) is 0 Å². The normalized spacial score (nSPS) is 13.3. The molecule has 0 fully saturated rings. The van der Waals surface area contributed by atoms with Crippen LogP contribution in [0.25, 0.3) is 0 Å². The second-order valence-electron chi connectivity index (χ2n) is 6.61. The molecule has 2 amide bonds. The van der Waals surface area contributed by atoms with Crippen molar-refractivity contribution in [1.29, 1.82) is 0 Å². The van der Waals surface area contributed by atoms with E-state index in [9.17, 15) is 14.4 Å². The lowest BCUT2D eigenvalue weighted by molar-refractivity contribution is -0.155. The van der Waals surface area contributed by atoms with Crippen molar-refractivity contribution in [3.05, 3.63) is 59.2 Å². The third-order valence-electron chi connectivity index (χ3n) is 4.54. The summed E-state index contributed by atoms with van der Waals surface area (Å²) in [6, 6.07) is 12.1. The van der Waals surface area contributed by atoms with Gasteiger partial charge in [-0.3, -0.25) is 9.59 Å². The van der Waals surface area contributed by atoms with Gasteiger partial charge in [0.05, 0.1) is 5.56 Å². The van der Waals surface area contributed by atoms with Crippen molar-refractivity contribution in [3.63, 3.8) is 0 Å². The van der Waals surface area contributed by atoms with Gasteiger partial charge in [0.2, 0.25) is 0 Å². The topological polar surface area (TPSA) is 108 Å². The van der Waals surface area contributed by atoms with E-state index in [1.165, 1.54) is 30.2 Å². The summed E-state index contributed by atoms with van der Waals surface area (Å²) in [6.45, 7) is 1.04. The highest BCUT2D eigenvalue weighted by Crippen LogP contribution is 2.25. The maximum Gasteiger partial charge on any atom is 0.344 e. The number of carbonyl (C=O) groups excluding carboxylic acids is 3. The lowest BCUT2D eigenvalue weighted by atomic mass is 10.1. The first-order valence-electron chi connectivity index (χ1n) is 9.08. The van der Waals surface area contributed by atoms with E-state index >= 15 is 0 Å². The van der Waals surface area contributed by atoms with Crippen molar-refractivity contribution in [3.8, 4) is 5.75 Å². The molecule has 7 nitrogen and oxygen atoms in total. The molecule has 146 valence electrons. The van der Waals surface area contributed by atoms with Gasteiger partial charge in [0.15, 0.2) is 12.7 Å². The van der Waals surface area contributed by atoms with E-state index in [0.29, 0.717) is 5.69 Å². The molecule has 0 saturated carbocycles. The molecular formula is C21H22N2O5. The molecule has 0 aliphatic heterocycles. The Morgan fingerprint density at radius 3 is 2.64 bits per heavy atom. The molecule has 7 heteroatoms. The highest BCUT2D eigenvalue weighted by atomic mass is 16.6. The van der Waals surface area contributed by atoms with Crippen molar-refractivity contribution in [2.45, 2.75) is 32.3 Å². The predicted octanol–water partition coefficient (Wildman–Crippen LogP) is 2.22. The third-order valence-corrected chi connectivity index (χ3v) is 4.54. The Balaban J connectivity index is 1.51. The number of amides is 2. The van der Waals surface area contributed by atoms with Crippen LogP contribution in [-0.2, 0) is 27.2 Å². The number of carbonyl (C=O) groups is 3. The van der Waals surface area contributed by atoms with Gasteiger partial charge in [0.25, 0.3) is 11.8 Å². The molecule has 0 spiro atoms. The number of anilines is 1. The third kappa shape index (κ3) is 4.68. The fourth-order valence-electron chi connectivity index (χ4n) is 3.11. The minimum atomic E-state index is -0.990. The number of primary amides is 1. The van der Waals surface area contributed by atoms with Gasteiger partial charge in [-0.1, -0.05) is 18.2 Å². The molecule has 2 aromatic carbocycles. The Labute approximate surface area is 162 Å². The van der Waals surface area contributed by atoms with Crippen LogP contribution in [0.2, 0.25) is 0 Å². The first-order valence-corrected chi connectivity index (χ1v) is 9.08. The van der Waals surface area contributed by atoms with E-state index in [4.69, 9.17) is 15.2 Å². The van der Waals surface area contributed by atoms with Gasteiger partial charge in [0, 0.05) is 5.69 Å². The van der Waals surface area contributed by atoms with Gasteiger partial charge in [-0.2, -0.15) is 0 Å². The maximum absolute atomic E-state index is 12.3. The number of fused-ring (bicyclic) bond motifs is 1. The Hall–Kier alpha value is -3.35. The fourth-order valence-corrected chi connectivity index (χ4v) is 3.11. The van der Waals surface area contributed by atoms with Gasteiger partial charge >= 0.3 is 5.97 Å². The number of hydrogen-bond donors (Lipinski definition) is 2. The summed E-state index contributed by atoms with van der Waals surface area (Å²) in [5.41, 5.74) is 8.66. The summed E-state index contributed by atoms with van der Waals surface area (Å²) in [5, 5.41) is 2.76. The van der Waals surface area contributed by atoms with Gasteiger partial charge in [-0.25, -0.2) is 4.79 Å². The largest absolute Gasteiger partial charge is 0.481 e. The predicted molar refractivity (Wildman–Crippen MR) is 103 cm³/mol. The Kier molecular flexibility index (Phi) is 5.93. The number of hydrogen-bond acceptors (Lipinski definition) is 5. The van der Waals surface area contributed by atoms with Crippen LogP contribution < -0.4 is 15.8 Å². The zero-order chi connectivity index (χ0) is 20.1. The van der Waals surface area contributed by atoms with Crippen LogP contribution in [0, 0.1) is 0 Å². The van der Waals surface area contributed by atoms with Crippen LogP contribution in [0.5, 0.6) is 5.75 Å². The Bertz CT molecular complexity index is 909. The molecule has 3 rings (SSSR count). The Morgan fingerprint density at radius 1 is 1.11 bits per heavy atom. The van der Waals surface area contributed by atoms with Crippen LogP contribution >= 0.6 is 0 Å². The number of nitrogens with two attached hydrogens (primary N) is 1. The number of benzene rings is 2. The quantitative estimate of drug-likeness (QED) is 0.714. The smallest absolute Gasteiger partial charge is 0.344 e. The lowest BCUT2D eigenvalue weighted by Crippen LogP contribution is -2.31. The summed E-state index contributed by atoms with van der Waals surface area (Å²) >= 11 is 0. The van der Waals surface area contributed by atoms with Crippen LogP contribution in [0.15, 0.2) is 42.5 Å². The Morgan fingerprint density at radius 2 is 1.86 bits per heavy atom. The van der Waals surface area contributed by atoms with E-state index in [1.54, 1.807) is 12.1 Å². The lowest BCUT2D eigenvalue weighted by Gasteiger charge is -2.15. The van der Waals surface area contributed by atoms with Crippen LogP contribution in [-0.4, -0.2) is 30.5 Å². The summed E-state index contributed by atoms with van der Waals surface area (Å²) < 4.78 is 10.4. The molecule has 0 heterocycles. The number of rotatable bonds is 7. The second-order valence-corrected chi connectivity index (χ2v) is 6.61. The summed E-state index contributed by atoms with van der Waals surface area (Å²) in [6.07, 6.45) is 2.21. The van der Waals surface area contributed by atoms with Crippen LogP contribution in [0.1, 0.15) is 34.8 Å². The number of ether oxygens (including phenoxy) is 2. The highest BCUT2D eigenvalue weighted by molar-refractivity contribution is 5.96. The molecule has 28 heavy (non-hydrogen) atoms. The second kappa shape index (κ2) is 8.56. The molecule has 0 radical (unpaired) electrons. The molecule has 0 bridgehead atoms. The molecular weight excluding hydrogens is 360 g/mol. The average Bonchev–Trinajstić information content (AvgIpc) is 3.14. The van der Waals surface area contributed by atoms with Gasteiger partial charge < -0.3 is 20.5 Å². The monoisotopic (exact) mass is 382 g/mol. The minimum absolute atomic E-state index is 0.165. The maximum atomic E-state index is 12.3. The van der Waals surface area contributed by atoms with Crippen LogP contribution in [0.3, 0.4) is 0 Å². The molecule has 0 saturated heterocycles. The summed E-state index contributed by atoms with van der Waals surface area (Å²) in [7, 11) is 0. The summed E-state index contributed by atoms with van der Waals surface area (Å²) in [5.74, 6) is -1.63. The van der Waals surface area contributed by atoms with Gasteiger partial charge in [0.1, 0.15) is 5.75 Å². The van der Waals surface area contributed by atoms with Crippen molar-refractivity contribution >= 4 is 23.5 Å². The van der Waals surface area contributed by atoms with E-state index in [-0.39, 0.29) is 11.3 Å². The summed E-state index contributed by atoms with van der Waals surface area (Å²) in [4.78, 5) is 35.6. The zero-order valence-electron chi connectivity index (χ0n) is 15.6. The minimum Gasteiger partial charge on any atom is -0.481 e. The van der Waals surface area contributed by atoms with Crippen molar-refractivity contribution in [2.75, 3.05) is 11.9 Å². The van der Waals surface area contributed by atoms with E-state index in [2.05, 4.69) is 5.32 Å². The fraction of sp³-hybridized carbons (Fsp3) is 0.286. The number of aryl methyl sites for hydroxylation is 2. The average molecular weight is 382 g/mol. The van der Waals surface area contributed by atoms with Crippen molar-refractivity contribution in [2.24, 2.45) is 5.73 Å². The molecule has 0 unspecified atom stereocenters. The van der Waals surface area contributed by atoms with Gasteiger partial charge in [-0.05, 0) is 61.6 Å².